The first kappa shape index (κ1) is 10.9. The van der Waals surface area contributed by atoms with E-state index in [1.165, 1.54) is 8.66 Å². The van der Waals surface area contributed by atoms with E-state index in [-0.39, 0.29) is 0 Å². The van der Waals surface area contributed by atoms with Crippen molar-refractivity contribution in [3.63, 3.8) is 0 Å². The van der Waals surface area contributed by atoms with Crippen LogP contribution in [0.4, 0.5) is 0 Å². The van der Waals surface area contributed by atoms with Gasteiger partial charge in [-0.15, -0.1) is 11.3 Å². The molecule has 0 N–H and O–H groups in total. The zero-order valence-electron chi connectivity index (χ0n) is 7.68. The molecule has 0 aromatic carbocycles. The first-order valence-electron chi connectivity index (χ1n) is 4.48. The van der Waals surface area contributed by atoms with Crippen LogP contribution in [0.2, 0.25) is 0 Å². The van der Waals surface area contributed by atoms with Crippen molar-refractivity contribution in [2.24, 2.45) is 0 Å². The highest BCUT2D eigenvalue weighted by Gasteiger charge is 2.00. The molecule has 0 fully saturated rings. The number of aryl methyl sites for hydroxylation is 1. The van der Waals surface area contributed by atoms with Gasteiger partial charge >= 0.3 is 0 Å². The van der Waals surface area contributed by atoms with Crippen molar-refractivity contribution in [2.75, 3.05) is 0 Å². The van der Waals surface area contributed by atoms with Gasteiger partial charge in [0.1, 0.15) is 5.78 Å². The maximum absolute atomic E-state index is 11.0. The Morgan fingerprint density at radius 1 is 1.54 bits per heavy atom. The first-order chi connectivity index (χ1) is 6.22. The quantitative estimate of drug-likeness (QED) is 0.787. The Kier molecular flexibility index (Phi) is 4.67. The highest BCUT2D eigenvalue weighted by atomic mass is 79.9. The van der Waals surface area contributed by atoms with E-state index in [0.29, 0.717) is 12.2 Å². The lowest BCUT2D eigenvalue weighted by molar-refractivity contribution is -0.118. The number of thiophene rings is 1. The fourth-order valence-corrected chi connectivity index (χ4v) is 2.65. The summed E-state index contributed by atoms with van der Waals surface area (Å²) in [5.41, 5.74) is 0. The molecule has 72 valence electrons. The van der Waals surface area contributed by atoms with E-state index in [1.54, 1.807) is 11.3 Å². The SMILES string of the molecule is CCC(=O)CCCc1ccc(Br)s1. The number of hydrogen-bond donors (Lipinski definition) is 0. The minimum absolute atomic E-state index is 0.371. The highest BCUT2D eigenvalue weighted by Crippen LogP contribution is 2.23. The number of halogens is 1. The van der Waals surface area contributed by atoms with E-state index in [0.717, 1.165) is 19.3 Å². The van der Waals surface area contributed by atoms with Crippen molar-refractivity contribution in [1.82, 2.24) is 0 Å². The number of carbonyl (C=O) groups excluding carboxylic acids is 1. The van der Waals surface area contributed by atoms with Gasteiger partial charge in [-0.3, -0.25) is 4.79 Å². The molecular weight excluding hydrogens is 248 g/mol. The average Bonchev–Trinajstić information content (AvgIpc) is 2.51. The monoisotopic (exact) mass is 260 g/mol. The lowest BCUT2D eigenvalue weighted by Gasteiger charge is -1.95. The van der Waals surface area contributed by atoms with Gasteiger partial charge in [0.2, 0.25) is 0 Å². The predicted octanol–water partition coefficient (Wildman–Crippen LogP) is 3.81. The van der Waals surface area contributed by atoms with Gasteiger partial charge in [0.25, 0.3) is 0 Å². The molecule has 1 aromatic heterocycles. The van der Waals surface area contributed by atoms with Gasteiger partial charge in [0.05, 0.1) is 3.79 Å². The summed E-state index contributed by atoms with van der Waals surface area (Å²) in [6.07, 6.45) is 3.42. The lowest BCUT2D eigenvalue weighted by Crippen LogP contribution is -1.95. The van der Waals surface area contributed by atoms with Crippen LogP contribution in [-0.2, 0) is 11.2 Å². The standard InChI is InChI=1S/C10H13BrOS/c1-2-8(12)4-3-5-9-6-7-10(11)13-9/h6-7H,2-5H2,1H3. The van der Waals surface area contributed by atoms with E-state index < -0.39 is 0 Å². The Labute approximate surface area is 91.3 Å². The van der Waals surface area contributed by atoms with E-state index in [2.05, 4.69) is 28.1 Å². The number of Topliss-reactive ketones (excluding diaryl/α,β-unsaturated/α-hetero) is 1. The zero-order valence-corrected chi connectivity index (χ0v) is 10.1. The maximum atomic E-state index is 11.0. The lowest BCUT2D eigenvalue weighted by atomic mass is 10.1. The largest absolute Gasteiger partial charge is 0.300 e. The van der Waals surface area contributed by atoms with Crippen LogP contribution >= 0.6 is 27.3 Å². The highest BCUT2D eigenvalue weighted by molar-refractivity contribution is 9.11. The smallest absolute Gasteiger partial charge is 0.132 e. The summed E-state index contributed by atoms with van der Waals surface area (Å²) >= 11 is 5.17. The molecule has 0 saturated heterocycles. The predicted molar refractivity (Wildman–Crippen MR) is 60.3 cm³/mol. The van der Waals surface area contributed by atoms with Crippen LogP contribution in [0, 0.1) is 0 Å². The molecule has 3 heteroatoms. The van der Waals surface area contributed by atoms with Crippen molar-refractivity contribution in [2.45, 2.75) is 32.6 Å². The van der Waals surface area contributed by atoms with Gasteiger partial charge in [0.15, 0.2) is 0 Å². The third-order valence-corrected chi connectivity index (χ3v) is 3.59. The molecule has 0 saturated carbocycles. The van der Waals surface area contributed by atoms with Crippen LogP contribution < -0.4 is 0 Å². The summed E-state index contributed by atoms with van der Waals surface area (Å²) < 4.78 is 1.17. The number of hydrogen-bond acceptors (Lipinski definition) is 2. The Hall–Kier alpha value is -0.150. The summed E-state index contributed by atoms with van der Waals surface area (Å²) in [5.74, 6) is 0.371. The van der Waals surface area contributed by atoms with E-state index in [1.807, 2.05) is 6.92 Å². The second-order valence-electron chi connectivity index (χ2n) is 2.95. The summed E-state index contributed by atoms with van der Waals surface area (Å²) in [7, 11) is 0. The normalized spacial score (nSPS) is 10.3. The van der Waals surface area contributed by atoms with Crippen LogP contribution in [0.3, 0.4) is 0 Å². The molecule has 1 rings (SSSR count). The summed E-state index contributed by atoms with van der Waals surface area (Å²) in [6.45, 7) is 1.92. The van der Waals surface area contributed by atoms with E-state index in [4.69, 9.17) is 0 Å². The van der Waals surface area contributed by atoms with Gasteiger partial charge in [-0.25, -0.2) is 0 Å². The molecule has 0 atom stereocenters. The van der Waals surface area contributed by atoms with Crippen LogP contribution in [-0.4, -0.2) is 5.78 Å². The van der Waals surface area contributed by atoms with Crippen molar-refractivity contribution in [3.05, 3.63) is 20.8 Å². The second-order valence-corrected chi connectivity index (χ2v) is 5.50. The van der Waals surface area contributed by atoms with Crippen LogP contribution in [0.25, 0.3) is 0 Å². The Bertz CT molecular complexity index is 280. The average molecular weight is 261 g/mol. The van der Waals surface area contributed by atoms with Crippen LogP contribution in [0.5, 0.6) is 0 Å². The molecule has 0 radical (unpaired) electrons. The molecule has 0 bridgehead atoms. The molecule has 0 spiro atoms. The number of carbonyl (C=O) groups is 1. The second kappa shape index (κ2) is 5.55. The molecule has 0 unspecified atom stereocenters. The van der Waals surface area contributed by atoms with E-state index >= 15 is 0 Å². The van der Waals surface area contributed by atoms with Gasteiger partial charge < -0.3 is 0 Å². The molecule has 1 aromatic rings. The summed E-state index contributed by atoms with van der Waals surface area (Å²) in [4.78, 5) is 12.4. The number of ketones is 1. The van der Waals surface area contributed by atoms with Crippen LogP contribution in [0.1, 0.15) is 31.1 Å². The molecule has 1 heterocycles. The summed E-state index contributed by atoms with van der Waals surface area (Å²) in [6, 6.07) is 4.17. The van der Waals surface area contributed by atoms with Gasteiger partial charge in [0, 0.05) is 17.7 Å². The maximum Gasteiger partial charge on any atom is 0.132 e. The third-order valence-electron chi connectivity index (χ3n) is 1.90. The van der Waals surface area contributed by atoms with Crippen LogP contribution in [0.15, 0.2) is 15.9 Å². The Morgan fingerprint density at radius 3 is 2.85 bits per heavy atom. The van der Waals surface area contributed by atoms with Crippen molar-refractivity contribution >= 4 is 33.0 Å². The van der Waals surface area contributed by atoms with Gasteiger partial charge in [-0.2, -0.15) is 0 Å². The third kappa shape index (κ3) is 4.05. The topological polar surface area (TPSA) is 17.1 Å². The van der Waals surface area contributed by atoms with Gasteiger partial charge in [-0.1, -0.05) is 6.92 Å². The Morgan fingerprint density at radius 2 is 2.31 bits per heavy atom. The minimum atomic E-state index is 0.371. The minimum Gasteiger partial charge on any atom is -0.300 e. The van der Waals surface area contributed by atoms with Crippen molar-refractivity contribution in [3.8, 4) is 0 Å². The van der Waals surface area contributed by atoms with E-state index in [9.17, 15) is 4.79 Å². The molecule has 0 aliphatic carbocycles. The fourth-order valence-electron chi connectivity index (χ4n) is 1.12. The zero-order chi connectivity index (χ0) is 9.68. The number of rotatable bonds is 5. The van der Waals surface area contributed by atoms with Gasteiger partial charge in [-0.05, 0) is 40.9 Å². The molecule has 0 amide bonds. The molecule has 1 nitrogen and oxygen atoms in total. The molecule has 0 aliphatic heterocycles. The van der Waals surface area contributed by atoms with Crippen molar-refractivity contribution in [1.29, 1.82) is 0 Å². The fraction of sp³-hybridized carbons (Fsp3) is 0.500. The van der Waals surface area contributed by atoms with Crippen molar-refractivity contribution < 1.29 is 4.79 Å². The molecule has 0 aliphatic rings. The molecular formula is C10H13BrOS. The molecule has 13 heavy (non-hydrogen) atoms. The Balaban J connectivity index is 2.24. The first-order valence-corrected chi connectivity index (χ1v) is 6.09. The summed E-state index contributed by atoms with van der Waals surface area (Å²) in [5, 5.41) is 0.